The van der Waals surface area contributed by atoms with E-state index in [2.05, 4.69) is 16.0 Å². The number of fused-ring (bicyclic) bond motifs is 1. The average molecular weight is 343 g/mol. The predicted molar refractivity (Wildman–Crippen MR) is 92.2 cm³/mol. The normalized spacial score (nSPS) is 19.1. The van der Waals surface area contributed by atoms with Crippen molar-refractivity contribution in [2.45, 2.75) is 26.0 Å². The van der Waals surface area contributed by atoms with Gasteiger partial charge in [0.1, 0.15) is 23.7 Å². The van der Waals surface area contributed by atoms with Crippen molar-refractivity contribution < 1.29 is 18.7 Å². The van der Waals surface area contributed by atoms with Crippen LogP contribution in [0.2, 0.25) is 0 Å². The summed E-state index contributed by atoms with van der Waals surface area (Å²) in [5.74, 6) is -0.676. The van der Waals surface area contributed by atoms with E-state index in [1.165, 1.54) is 18.2 Å². The number of ether oxygens (including phenoxy) is 1. The molecular formula is C18H18FN3O3. The second-order valence-electron chi connectivity index (χ2n) is 5.90. The number of nitrogens with one attached hydrogen (secondary N) is 3. The molecule has 3 rings (SSSR count). The van der Waals surface area contributed by atoms with Crippen molar-refractivity contribution >= 4 is 23.3 Å². The minimum atomic E-state index is -0.930. The van der Waals surface area contributed by atoms with Crippen LogP contribution in [0.5, 0.6) is 5.75 Å². The van der Waals surface area contributed by atoms with Crippen molar-refractivity contribution in [3.05, 3.63) is 53.8 Å². The molecule has 1 aliphatic heterocycles. The molecule has 0 fully saturated rings. The van der Waals surface area contributed by atoms with Crippen LogP contribution >= 0.6 is 0 Å². The molecule has 0 saturated heterocycles. The molecule has 2 aromatic carbocycles. The Bertz CT molecular complexity index is 825. The van der Waals surface area contributed by atoms with Gasteiger partial charge in [0, 0.05) is 11.8 Å². The molecule has 3 N–H and O–H groups in total. The van der Waals surface area contributed by atoms with Gasteiger partial charge in [0.15, 0.2) is 0 Å². The number of hydrogen-bond acceptors (Lipinski definition) is 3. The molecule has 25 heavy (non-hydrogen) atoms. The van der Waals surface area contributed by atoms with Crippen LogP contribution in [0.3, 0.4) is 0 Å². The van der Waals surface area contributed by atoms with E-state index >= 15 is 0 Å². The number of carbonyl (C=O) groups excluding carboxylic acids is 2. The summed E-state index contributed by atoms with van der Waals surface area (Å²) in [7, 11) is 0. The number of urea groups is 1. The molecule has 1 heterocycles. The summed E-state index contributed by atoms with van der Waals surface area (Å²) in [6.45, 7) is 3.55. The Morgan fingerprint density at radius 1 is 1.24 bits per heavy atom. The predicted octanol–water partition coefficient (Wildman–Crippen LogP) is 3.04. The highest BCUT2D eigenvalue weighted by molar-refractivity contribution is 6.01. The van der Waals surface area contributed by atoms with E-state index in [0.29, 0.717) is 11.4 Å². The van der Waals surface area contributed by atoms with Crippen molar-refractivity contribution in [3.8, 4) is 5.75 Å². The van der Waals surface area contributed by atoms with E-state index in [1.807, 2.05) is 25.1 Å². The van der Waals surface area contributed by atoms with Gasteiger partial charge in [0.2, 0.25) is 0 Å². The van der Waals surface area contributed by atoms with Gasteiger partial charge in [-0.3, -0.25) is 4.79 Å². The van der Waals surface area contributed by atoms with Crippen LogP contribution in [-0.2, 0) is 4.79 Å². The quantitative estimate of drug-likeness (QED) is 0.784. The topological polar surface area (TPSA) is 79.5 Å². The first kappa shape index (κ1) is 16.8. The molecule has 2 atom stereocenters. The Morgan fingerprint density at radius 3 is 2.80 bits per heavy atom. The van der Waals surface area contributed by atoms with Gasteiger partial charge in [-0.1, -0.05) is 12.1 Å². The molecular weight excluding hydrogens is 325 g/mol. The summed E-state index contributed by atoms with van der Waals surface area (Å²) in [5, 5.41) is 7.91. The van der Waals surface area contributed by atoms with Crippen LogP contribution < -0.4 is 20.7 Å². The first-order chi connectivity index (χ1) is 11.9. The van der Waals surface area contributed by atoms with Crippen molar-refractivity contribution in [1.82, 2.24) is 5.32 Å². The van der Waals surface area contributed by atoms with Crippen molar-refractivity contribution in [1.29, 1.82) is 0 Å². The molecule has 0 radical (unpaired) electrons. The zero-order valence-electron chi connectivity index (χ0n) is 13.8. The molecule has 0 saturated carbocycles. The number of anilines is 2. The monoisotopic (exact) mass is 343 g/mol. The number of rotatable bonds is 2. The maximum absolute atomic E-state index is 13.4. The SMILES string of the molecule is Cc1cccc(NC(=O)N[C@H]2C(=O)Nc3ccc(F)cc3O[C@H]2C)c1. The van der Waals surface area contributed by atoms with Crippen LogP contribution in [0.4, 0.5) is 20.6 Å². The highest BCUT2D eigenvalue weighted by Gasteiger charge is 2.32. The highest BCUT2D eigenvalue weighted by atomic mass is 19.1. The number of hydrogen-bond donors (Lipinski definition) is 3. The summed E-state index contributed by atoms with van der Waals surface area (Å²) in [4.78, 5) is 24.6. The lowest BCUT2D eigenvalue weighted by molar-refractivity contribution is -0.119. The first-order valence-corrected chi connectivity index (χ1v) is 7.83. The fraction of sp³-hybridized carbons (Fsp3) is 0.222. The fourth-order valence-corrected chi connectivity index (χ4v) is 2.60. The molecule has 3 amide bonds. The molecule has 0 aromatic heterocycles. The molecule has 0 aliphatic carbocycles. The number of amides is 3. The van der Waals surface area contributed by atoms with E-state index in [-0.39, 0.29) is 5.75 Å². The lowest BCUT2D eigenvalue weighted by Gasteiger charge is -2.21. The Kier molecular flexibility index (Phi) is 4.56. The average Bonchev–Trinajstić information content (AvgIpc) is 2.65. The minimum Gasteiger partial charge on any atom is -0.486 e. The molecule has 2 aromatic rings. The van der Waals surface area contributed by atoms with Crippen molar-refractivity contribution in [3.63, 3.8) is 0 Å². The summed E-state index contributed by atoms with van der Waals surface area (Å²) < 4.78 is 19.0. The van der Waals surface area contributed by atoms with E-state index in [9.17, 15) is 14.0 Å². The lowest BCUT2D eigenvalue weighted by atomic mass is 10.1. The van der Waals surface area contributed by atoms with Crippen molar-refractivity contribution in [2.75, 3.05) is 10.6 Å². The van der Waals surface area contributed by atoms with Gasteiger partial charge in [-0.15, -0.1) is 0 Å². The molecule has 0 bridgehead atoms. The largest absolute Gasteiger partial charge is 0.486 e. The lowest BCUT2D eigenvalue weighted by Crippen LogP contribution is -2.52. The minimum absolute atomic E-state index is 0.226. The first-order valence-electron chi connectivity index (χ1n) is 7.83. The summed E-state index contributed by atoms with van der Waals surface area (Å²) in [6, 6.07) is 9.67. The fourth-order valence-electron chi connectivity index (χ4n) is 2.60. The number of carbonyl (C=O) groups is 2. The third kappa shape index (κ3) is 3.88. The van der Waals surface area contributed by atoms with E-state index in [4.69, 9.17) is 4.74 Å². The van der Waals surface area contributed by atoms with Crippen LogP contribution in [0.1, 0.15) is 12.5 Å². The zero-order chi connectivity index (χ0) is 18.0. The van der Waals surface area contributed by atoms with Gasteiger partial charge in [0.05, 0.1) is 5.69 Å². The van der Waals surface area contributed by atoms with Gasteiger partial charge in [-0.25, -0.2) is 9.18 Å². The van der Waals surface area contributed by atoms with Gasteiger partial charge in [-0.05, 0) is 43.7 Å². The zero-order valence-corrected chi connectivity index (χ0v) is 13.8. The van der Waals surface area contributed by atoms with E-state index in [0.717, 1.165) is 5.56 Å². The van der Waals surface area contributed by atoms with Crippen LogP contribution in [0.25, 0.3) is 0 Å². The smallest absolute Gasteiger partial charge is 0.320 e. The van der Waals surface area contributed by atoms with Crippen molar-refractivity contribution in [2.24, 2.45) is 0 Å². The third-order valence-electron chi connectivity index (χ3n) is 3.83. The number of aryl methyl sites for hydroxylation is 1. The van der Waals surface area contributed by atoms with Gasteiger partial charge in [0.25, 0.3) is 5.91 Å². The molecule has 6 nitrogen and oxygen atoms in total. The van der Waals surface area contributed by atoms with E-state index < -0.39 is 29.9 Å². The maximum atomic E-state index is 13.4. The second-order valence-corrected chi connectivity index (χ2v) is 5.90. The molecule has 1 aliphatic rings. The third-order valence-corrected chi connectivity index (χ3v) is 3.83. The summed E-state index contributed by atoms with van der Waals surface area (Å²) in [5.41, 5.74) is 1.98. The van der Waals surface area contributed by atoms with Crippen LogP contribution in [-0.4, -0.2) is 24.1 Å². The molecule has 0 spiro atoms. The summed E-state index contributed by atoms with van der Waals surface area (Å²) >= 11 is 0. The molecule has 7 heteroatoms. The van der Waals surface area contributed by atoms with Crippen LogP contribution in [0, 0.1) is 12.7 Å². The van der Waals surface area contributed by atoms with Gasteiger partial charge in [-0.2, -0.15) is 0 Å². The Hall–Kier alpha value is -3.09. The number of benzene rings is 2. The molecule has 0 unspecified atom stereocenters. The highest BCUT2D eigenvalue weighted by Crippen LogP contribution is 2.29. The Balaban J connectivity index is 1.72. The van der Waals surface area contributed by atoms with Gasteiger partial charge < -0.3 is 20.7 Å². The summed E-state index contributed by atoms with van der Waals surface area (Å²) in [6.07, 6.45) is -0.675. The van der Waals surface area contributed by atoms with Gasteiger partial charge >= 0.3 is 6.03 Å². The maximum Gasteiger partial charge on any atom is 0.320 e. The Morgan fingerprint density at radius 2 is 2.04 bits per heavy atom. The Labute approximate surface area is 144 Å². The number of halogens is 1. The second kappa shape index (κ2) is 6.80. The molecule has 130 valence electrons. The van der Waals surface area contributed by atoms with E-state index in [1.54, 1.807) is 13.0 Å². The van der Waals surface area contributed by atoms with Crippen LogP contribution in [0.15, 0.2) is 42.5 Å². The standard InChI is InChI=1S/C18H18FN3O3/c1-10-4-3-5-13(8-10)20-18(24)22-16-11(2)25-15-9-12(19)6-7-14(15)21-17(16)23/h3-9,11,16H,1-2H3,(H,21,23)(H2,20,22,24)/t11-,16+/m0/s1.